The zero-order valence-electron chi connectivity index (χ0n) is 21.6. The van der Waals surface area contributed by atoms with E-state index in [0.29, 0.717) is 58.0 Å². The van der Waals surface area contributed by atoms with E-state index in [1.54, 1.807) is 63.9 Å². The fourth-order valence-electron chi connectivity index (χ4n) is 4.16. The highest BCUT2D eigenvalue weighted by atomic mass is 35.5. The first-order chi connectivity index (χ1) is 18.4. The van der Waals surface area contributed by atoms with Crippen molar-refractivity contribution < 1.29 is 19.0 Å². The number of hydrogen-bond donors (Lipinski definition) is 3. The molecule has 1 aliphatic heterocycles. The summed E-state index contributed by atoms with van der Waals surface area (Å²) in [7, 11) is 3.36. The smallest absolute Gasteiger partial charge is 0.219 e. The number of rotatable bonds is 9. The number of methoxy groups -OCH3 is 1. The third kappa shape index (κ3) is 6.63. The summed E-state index contributed by atoms with van der Waals surface area (Å²) in [6.07, 6.45) is 6.24. The lowest BCUT2D eigenvalue weighted by Gasteiger charge is -2.32. The highest BCUT2D eigenvalue weighted by Crippen LogP contribution is 2.36. The van der Waals surface area contributed by atoms with Crippen LogP contribution in [0.5, 0.6) is 17.2 Å². The lowest BCUT2D eigenvalue weighted by Crippen LogP contribution is -2.40. The average molecular weight is 539 g/mol. The van der Waals surface area contributed by atoms with Crippen LogP contribution in [-0.2, 0) is 11.4 Å². The maximum Gasteiger partial charge on any atom is 0.219 e. The standard InChI is InChI=1S/C27H31ClN6O4/c1-17(35)34-10-6-20(7-11-34)38-26-13-21(23(30-2)14-25(26)36-3)27(29)33-18-4-5-24(22(28)12-18)37-16-19-15-31-8-9-32-19/h4-5,8-9,12-15,20,30H,6-7,10-11,16H2,1-3H3,(H2,29,33). The summed E-state index contributed by atoms with van der Waals surface area (Å²) in [5, 5.41) is 15.4. The van der Waals surface area contributed by atoms with Crippen LogP contribution in [-0.4, -0.2) is 60.0 Å². The van der Waals surface area contributed by atoms with Gasteiger partial charge in [-0.05, 0) is 24.3 Å². The number of halogens is 1. The minimum Gasteiger partial charge on any atom is -0.493 e. The Morgan fingerprint density at radius 2 is 1.95 bits per heavy atom. The first-order valence-electron chi connectivity index (χ1n) is 12.2. The number of carbonyl (C=O) groups is 1. The SMILES string of the molecule is CNc1cc(OC)c(OC2CCN(C(C)=O)CC2)cc1C(=N)Nc1ccc(OCc2cnccn2)c(Cl)c1. The Morgan fingerprint density at radius 1 is 1.16 bits per heavy atom. The van der Waals surface area contributed by atoms with Gasteiger partial charge in [-0.25, -0.2) is 0 Å². The minimum atomic E-state index is -0.0526. The van der Waals surface area contributed by atoms with Gasteiger partial charge in [-0.15, -0.1) is 0 Å². The monoisotopic (exact) mass is 538 g/mol. The molecule has 3 N–H and O–H groups in total. The van der Waals surface area contributed by atoms with Crippen LogP contribution in [0.2, 0.25) is 5.02 Å². The lowest BCUT2D eigenvalue weighted by atomic mass is 10.1. The minimum absolute atomic E-state index is 0.0526. The maximum absolute atomic E-state index is 11.6. The van der Waals surface area contributed by atoms with Gasteiger partial charge in [0.25, 0.3) is 0 Å². The quantitative estimate of drug-likeness (QED) is 0.267. The molecular weight excluding hydrogens is 508 g/mol. The molecule has 0 spiro atoms. The van der Waals surface area contributed by atoms with Gasteiger partial charge in [0, 0.05) is 75.3 Å². The molecule has 1 saturated heterocycles. The number of aromatic nitrogens is 2. The van der Waals surface area contributed by atoms with Gasteiger partial charge in [0.1, 0.15) is 24.3 Å². The molecule has 2 aromatic carbocycles. The highest BCUT2D eigenvalue weighted by Gasteiger charge is 2.24. The molecule has 1 amide bonds. The van der Waals surface area contributed by atoms with Gasteiger partial charge in [0.15, 0.2) is 11.5 Å². The summed E-state index contributed by atoms with van der Waals surface area (Å²) in [4.78, 5) is 21.7. The molecular formula is C27H31ClN6O4. The molecule has 0 aliphatic carbocycles. The van der Waals surface area contributed by atoms with Crippen molar-refractivity contribution in [1.29, 1.82) is 5.41 Å². The molecule has 0 atom stereocenters. The topological polar surface area (TPSA) is 122 Å². The van der Waals surface area contributed by atoms with E-state index in [1.807, 2.05) is 11.0 Å². The van der Waals surface area contributed by atoms with Crippen molar-refractivity contribution in [3.8, 4) is 17.2 Å². The Kier molecular flexibility index (Phi) is 8.85. The molecule has 11 heteroatoms. The van der Waals surface area contributed by atoms with Crippen molar-refractivity contribution in [1.82, 2.24) is 14.9 Å². The van der Waals surface area contributed by atoms with E-state index in [-0.39, 0.29) is 24.5 Å². The number of amidine groups is 1. The largest absolute Gasteiger partial charge is 0.493 e. The predicted octanol–water partition coefficient (Wildman–Crippen LogP) is 4.59. The van der Waals surface area contributed by atoms with Crippen LogP contribution < -0.4 is 24.8 Å². The fourth-order valence-corrected chi connectivity index (χ4v) is 4.39. The molecule has 1 fully saturated rings. The number of amides is 1. The summed E-state index contributed by atoms with van der Waals surface area (Å²) >= 11 is 6.44. The molecule has 1 aliphatic rings. The highest BCUT2D eigenvalue weighted by molar-refractivity contribution is 6.32. The second-order valence-electron chi connectivity index (χ2n) is 8.75. The lowest BCUT2D eigenvalue weighted by molar-refractivity contribution is -0.130. The van der Waals surface area contributed by atoms with Crippen LogP contribution in [0.1, 0.15) is 31.0 Å². The zero-order chi connectivity index (χ0) is 27.1. The summed E-state index contributed by atoms with van der Waals surface area (Å²) in [6, 6.07) is 8.82. The van der Waals surface area contributed by atoms with Crippen LogP contribution in [0.25, 0.3) is 0 Å². The fraction of sp³-hybridized carbons (Fsp3) is 0.333. The van der Waals surface area contributed by atoms with Crippen LogP contribution in [0.3, 0.4) is 0 Å². The Hall–Kier alpha value is -4.05. The molecule has 200 valence electrons. The summed E-state index contributed by atoms with van der Waals surface area (Å²) in [5.74, 6) is 1.83. The van der Waals surface area contributed by atoms with E-state index in [2.05, 4.69) is 20.6 Å². The van der Waals surface area contributed by atoms with Crippen molar-refractivity contribution in [2.75, 3.05) is 37.9 Å². The van der Waals surface area contributed by atoms with Crippen LogP contribution in [0.4, 0.5) is 11.4 Å². The predicted molar refractivity (Wildman–Crippen MR) is 147 cm³/mol. The summed E-state index contributed by atoms with van der Waals surface area (Å²) in [5.41, 5.74) is 2.62. The van der Waals surface area contributed by atoms with E-state index in [1.165, 1.54) is 0 Å². The summed E-state index contributed by atoms with van der Waals surface area (Å²) in [6.45, 7) is 3.13. The second-order valence-corrected chi connectivity index (χ2v) is 9.16. The molecule has 0 bridgehead atoms. The first-order valence-corrected chi connectivity index (χ1v) is 12.6. The molecule has 4 rings (SSSR count). The van der Waals surface area contributed by atoms with Crippen molar-refractivity contribution in [2.45, 2.75) is 32.5 Å². The van der Waals surface area contributed by atoms with Crippen LogP contribution in [0.15, 0.2) is 48.9 Å². The average Bonchev–Trinajstić information content (AvgIpc) is 2.93. The van der Waals surface area contributed by atoms with E-state index < -0.39 is 0 Å². The molecule has 3 aromatic rings. The number of nitrogens with zero attached hydrogens (tertiary/aromatic N) is 3. The first kappa shape index (κ1) is 27.0. The third-order valence-corrected chi connectivity index (χ3v) is 6.51. The third-order valence-electron chi connectivity index (χ3n) is 6.22. The van der Waals surface area contributed by atoms with Gasteiger partial charge in [-0.2, -0.15) is 0 Å². The van der Waals surface area contributed by atoms with Crippen molar-refractivity contribution in [3.63, 3.8) is 0 Å². The summed E-state index contributed by atoms with van der Waals surface area (Å²) < 4.78 is 17.6. The van der Waals surface area contributed by atoms with Crippen molar-refractivity contribution in [3.05, 3.63) is 65.2 Å². The maximum atomic E-state index is 11.6. The van der Waals surface area contributed by atoms with E-state index >= 15 is 0 Å². The number of carbonyl (C=O) groups excluding carboxylic acids is 1. The van der Waals surface area contributed by atoms with Crippen molar-refractivity contribution >= 4 is 34.7 Å². The van der Waals surface area contributed by atoms with E-state index in [0.717, 1.165) is 12.8 Å². The molecule has 0 radical (unpaired) electrons. The molecule has 2 heterocycles. The van der Waals surface area contributed by atoms with Crippen LogP contribution >= 0.6 is 11.6 Å². The number of hydrogen-bond acceptors (Lipinski definition) is 8. The number of anilines is 2. The Morgan fingerprint density at radius 3 is 2.58 bits per heavy atom. The number of ether oxygens (including phenoxy) is 3. The molecule has 0 saturated carbocycles. The second kappa shape index (κ2) is 12.5. The Balaban J connectivity index is 1.47. The molecule has 0 unspecified atom stereocenters. The van der Waals surface area contributed by atoms with E-state index in [9.17, 15) is 4.79 Å². The van der Waals surface area contributed by atoms with Gasteiger partial charge in [0.2, 0.25) is 5.91 Å². The number of nitrogens with one attached hydrogen (secondary N) is 3. The van der Waals surface area contributed by atoms with Gasteiger partial charge < -0.3 is 29.7 Å². The van der Waals surface area contributed by atoms with Gasteiger partial charge in [0.05, 0.1) is 24.0 Å². The molecule has 10 nitrogen and oxygen atoms in total. The molecule has 1 aromatic heterocycles. The normalized spacial score (nSPS) is 13.5. The van der Waals surface area contributed by atoms with Crippen LogP contribution in [0, 0.1) is 5.41 Å². The number of likely N-dealkylation sites (tertiary alicyclic amines) is 1. The van der Waals surface area contributed by atoms with Crippen molar-refractivity contribution in [2.24, 2.45) is 0 Å². The molecule has 38 heavy (non-hydrogen) atoms. The van der Waals surface area contributed by atoms with Gasteiger partial charge in [-0.3, -0.25) is 20.2 Å². The van der Waals surface area contributed by atoms with Gasteiger partial charge in [-0.1, -0.05) is 11.6 Å². The zero-order valence-corrected chi connectivity index (χ0v) is 22.3. The number of piperidine rings is 1. The number of benzene rings is 2. The van der Waals surface area contributed by atoms with Gasteiger partial charge >= 0.3 is 0 Å². The Labute approximate surface area is 226 Å². The van der Waals surface area contributed by atoms with E-state index in [4.69, 9.17) is 31.2 Å². The Bertz CT molecular complexity index is 1280.